The zero-order valence-corrected chi connectivity index (χ0v) is 19.5. The van der Waals surface area contributed by atoms with Gasteiger partial charge in [0.2, 0.25) is 0 Å². The average Bonchev–Trinajstić information content (AvgIpc) is 2.80. The number of ether oxygens (including phenoxy) is 1. The Morgan fingerprint density at radius 2 is 1.64 bits per heavy atom. The third kappa shape index (κ3) is 8.42. The lowest BCUT2D eigenvalue weighted by atomic mass is 10.0. The SMILES string of the molecule is CN(C)CCC(Oc1ccc(C#CCCN2CCCCC2)cc1)c1ccc(C(F)(F)F)cc1. The Morgan fingerprint density at radius 3 is 2.24 bits per heavy atom. The smallest absolute Gasteiger partial charge is 0.416 e. The molecule has 0 aliphatic carbocycles. The number of hydrogen-bond acceptors (Lipinski definition) is 3. The van der Waals surface area contributed by atoms with E-state index in [1.165, 1.54) is 44.5 Å². The average molecular weight is 459 g/mol. The van der Waals surface area contributed by atoms with Crippen LogP contribution in [0.1, 0.15) is 54.9 Å². The second-order valence-corrected chi connectivity index (χ2v) is 8.80. The maximum absolute atomic E-state index is 12.9. The zero-order valence-electron chi connectivity index (χ0n) is 19.5. The van der Waals surface area contributed by atoms with Crippen LogP contribution in [0, 0.1) is 11.8 Å². The first-order valence-electron chi connectivity index (χ1n) is 11.6. The molecule has 1 aliphatic rings. The van der Waals surface area contributed by atoms with Crippen molar-refractivity contribution in [1.82, 2.24) is 9.80 Å². The minimum atomic E-state index is -4.34. The number of likely N-dealkylation sites (tertiary alicyclic amines) is 1. The van der Waals surface area contributed by atoms with Crippen LogP contribution in [0.5, 0.6) is 5.75 Å². The molecule has 3 rings (SSSR count). The highest BCUT2D eigenvalue weighted by molar-refractivity contribution is 5.38. The van der Waals surface area contributed by atoms with Gasteiger partial charge in [0.05, 0.1) is 5.56 Å². The van der Waals surface area contributed by atoms with Crippen molar-refractivity contribution >= 4 is 0 Å². The van der Waals surface area contributed by atoms with Gasteiger partial charge in [0, 0.05) is 31.5 Å². The second-order valence-electron chi connectivity index (χ2n) is 8.80. The van der Waals surface area contributed by atoms with Crippen LogP contribution in [0.15, 0.2) is 48.5 Å². The molecular weight excluding hydrogens is 425 g/mol. The van der Waals surface area contributed by atoms with E-state index in [4.69, 9.17) is 4.74 Å². The van der Waals surface area contributed by atoms with Crippen LogP contribution in [0.2, 0.25) is 0 Å². The molecule has 0 N–H and O–H groups in total. The molecule has 0 amide bonds. The Morgan fingerprint density at radius 1 is 0.970 bits per heavy atom. The summed E-state index contributed by atoms with van der Waals surface area (Å²) in [4.78, 5) is 4.51. The first-order valence-corrected chi connectivity index (χ1v) is 11.6. The normalized spacial score (nSPS) is 15.7. The van der Waals surface area contributed by atoms with Gasteiger partial charge < -0.3 is 14.5 Å². The summed E-state index contributed by atoms with van der Waals surface area (Å²) < 4.78 is 44.9. The van der Waals surface area contributed by atoms with Crippen LogP contribution < -0.4 is 4.74 Å². The second kappa shape index (κ2) is 12.1. The summed E-state index contributed by atoms with van der Waals surface area (Å²) in [5.74, 6) is 7.15. The highest BCUT2D eigenvalue weighted by Gasteiger charge is 2.30. The van der Waals surface area contributed by atoms with E-state index in [9.17, 15) is 13.2 Å². The fourth-order valence-corrected chi connectivity index (χ4v) is 3.90. The molecular formula is C27H33F3N2O. The van der Waals surface area contributed by atoms with Gasteiger partial charge in [-0.25, -0.2) is 0 Å². The Balaban J connectivity index is 1.60. The van der Waals surface area contributed by atoms with Crippen LogP contribution in [0.4, 0.5) is 13.2 Å². The summed E-state index contributed by atoms with van der Waals surface area (Å²) in [6.07, 6.45) is 0.758. The van der Waals surface area contributed by atoms with Crippen molar-refractivity contribution in [3.05, 3.63) is 65.2 Å². The molecule has 3 nitrogen and oxygen atoms in total. The van der Waals surface area contributed by atoms with Gasteiger partial charge in [0.1, 0.15) is 11.9 Å². The van der Waals surface area contributed by atoms with Crippen molar-refractivity contribution in [2.75, 3.05) is 40.3 Å². The van der Waals surface area contributed by atoms with Gasteiger partial charge in [-0.15, -0.1) is 0 Å². The highest BCUT2D eigenvalue weighted by atomic mass is 19.4. The van der Waals surface area contributed by atoms with Gasteiger partial charge in [-0.1, -0.05) is 30.4 Å². The van der Waals surface area contributed by atoms with E-state index in [-0.39, 0.29) is 6.10 Å². The van der Waals surface area contributed by atoms with Crippen LogP contribution in [-0.2, 0) is 6.18 Å². The molecule has 0 bridgehead atoms. The molecule has 6 heteroatoms. The predicted octanol–water partition coefficient (Wildman–Crippen LogP) is 6.00. The molecule has 2 aromatic rings. The number of benzene rings is 2. The summed E-state index contributed by atoms with van der Waals surface area (Å²) >= 11 is 0. The Labute approximate surface area is 195 Å². The third-order valence-electron chi connectivity index (χ3n) is 5.82. The monoisotopic (exact) mass is 458 g/mol. The molecule has 0 spiro atoms. The van der Waals surface area contributed by atoms with Crippen LogP contribution in [-0.4, -0.2) is 50.1 Å². The van der Waals surface area contributed by atoms with Gasteiger partial charge in [-0.3, -0.25) is 0 Å². The standard InChI is InChI=1S/C27H33F3N2O/c1-31(2)21-17-26(23-11-13-24(14-12-23)27(28,29)30)33-25-15-9-22(10-16-25)8-4-7-20-32-18-5-3-6-19-32/h9-16,26H,3,5-7,17-21H2,1-2H3. The van der Waals surface area contributed by atoms with Crippen molar-refractivity contribution in [1.29, 1.82) is 0 Å². The van der Waals surface area contributed by atoms with Gasteiger partial charge in [-0.05, 0) is 82.0 Å². The Hall–Kier alpha value is -2.49. The summed E-state index contributed by atoms with van der Waals surface area (Å²) in [6.45, 7) is 4.14. The molecule has 178 valence electrons. The van der Waals surface area contributed by atoms with Gasteiger partial charge >= 0.3 is 6.18 Å². The first kappa shape index (κ1) is 25.1. The predicted molar refractivity (Wildman–Crippen MR) is 126 cm³/mol. The molecule has 2 aromatic carbocycles. The molecule has 0 aromatic heterocycles. The Bertz CT molecular complexity index is 906. The molecule has 1 aliphatic heterocycles. The fraction of sp³-hybridized carbons (Fsp3) is 0.481. The molecule has 0 saturated carbocycles. The third-order valence-corrected chi connectivity index (χ3v) is 5.82. The van der Waals surface area contributed by atoms with E-state index < -0.39 is 11.7 Å². The molecule has 1 heterocycles. The lowest BCUT2D eigenvalue weighted by Gasteiger charge is -2.25. The van der Waals surface area contributed by atoms with E-state index in [2.05, 4.69) is 16.7 Å². The highest BCUT2D eigenvalue weighted by Crippen LogP contribution is 2.31. The molecule has 1 fully saturated rings. The lowest BCUT2D eigenvalue weighted by Crippen LogP contribution is -2.30. The number of nitrogens with zero attached hydrogens (tertiary/aromatic N) is 2. The van der Waals surface area contributed by atoms with Crippen LogP contribution in [0.25, 0.3) is 0 Å². The van der Waals surface area contributed by atoms with Crippen molar-refractivity contribution in [2.24, 2.45) is 0 Å². The van der Waals surface area contributed by atoms with E-state index >= 15 is 0 Å². The number of alkyl halides is 3. The summed E-state index contributed by atoms with van der Waals surface area (Å²) in [7, 11) is 3.92. The van der Waals surface area contributed by atoms with E-state index in [0.29, 0.717) is 12.2 Å². The molecule has 1 saturated heterocycles. The van der Waals surface area contributed by atoms with Crippen LogP contribution >= 0.6 is 0 Å². The molecule has 1 atom stereocenters. The minimum Gasteiger partial charge on any atom is -0.486 e. The van der Waals surface area contributed by atoms with Crippen molar-refractivity contribution in [2.45, 2.75) is 44.4 Å². The number of piperidine rings is 1. The van der Waals surface area contributed by atoms with E-state index in [1.807, 2.05) is 43.3 Å². The number of rotatable bonds is 8. The van der Waals surface area contributed by atoms with Gasteiger partial charge in [-0.2, -0.15) is 13.2 Å². The molecule has 0 radical (unpaired) electrons. The zero-order chi connectivity index (χ0) is 23.7. The Kier molecular flexibility index (Phi) is 9.22. The summed E-state index contributed by atoms with van der Waals surface area (Å²) in [5, 5.41) is 0. The fourth-order valence-electron chi connectivity index (χ4n) is 3.90. The van der Waals surface area contributed by atoms with Crippen molar-refractivity contribution in [3.63, 3.8) is 0 Å². The van der Waals surface area contributed by atoms with E-state index in [1.54, 1.807) is 0 Å². The largest absolute Gasteiger partial charge is 0.486 e. The van der Waals surface area contributed by atoms with Gasteiger partial charge in [0.25, 0.3) is 0 Å². The maximum Gasteiger partial charge on any atom is 0.416 e. The quantitative estimate of drug-likeness (QED) is 0.451. The van der Waals surface area contributed by atoms with Crippen molar-refractivity contribution in [3.8, 4) is 17.6 Å². The maximum atomic E-state index is 12.9. The first-order chi connectivity index (χ1) is 15.8. The summed E-state index contributed by atoms with van der Waals surface area (Å²) in [6, 6.07) is 12.9. The minimum absolute atomic E-state index is 0.337. The molecule has 1 unspecified atom stereocenters. The summed E-state index contributed by atoms with van der Waals surface area (Å²) in [5.41, 5.74) is 1.01. The van der Waals surface area contributed by atoms with Crippen molar-refractivity contribution < 1.29 is 17.9 Å². The van der Waals surface area contributed by atoms with Crippen LogP contribution in [0.3, 0.4) is 0 Å². The molecule has 33 heavy (non-hydrogen) atoms. The lowest BCUT2D eigenvalue weighted by molar-refractivity contribution is -0.137. The van der Waals surface area contributed by atoms with E-state index in [0.717, 1.165) is 42.8 Å². The van der Waals surface area contributed by atoms with Gasteiger partial charge in [0.15, 0.2) is 0 Å². The number of halogens is 3. The number of hydrogen-bond donors (Lipinski definition) is 0. The topological polar surface area (TPSA) is 15.7 Å².